The summed E-state index contributed by atoms with van der Waals surface area (Å²) in [6, 6.07) is 8.13. The zero-order chi connectivity index (χ0) is 14.4. The quantitative estimate of drug-likeness (QED) is 0.722. The van der Waals surface area contributed by atoms with Gasteiger partial charge in [-0.3, -0.25) is 4.90 Å². The first kappa shape index (κ1) is 14.7. The van der Waals surface area contributed by atoms with Crippen LogP contribution in [0.5, 0.6) is 0 Å². The molecule has 20 heavy (non-hydrogen) atoms. The zero-order valence-corrected chi connectivity index (χ0v) is 12.6. The molecule has 2 aromatic rings. The minimum atomic E-state index is 0.599. The van der Waals surface area contributed by atoms with Gasteiger partial charge in [-0.05, 0) is 39.1 Å². The highest BCUT2D eigenvalue weighted by Gasteiger charge is 2.10. The number of hydrogen-bond acceptors (Lipinski definition) is 4. The van der Waals surface area contributed by atoms with Crippen LogP contribution in [0.2, 0.25) is 0 Å². The van der Waals surface area contributed by atoms with Crippen LogP contribution in [0.15, 0.2) is 28.7 Å². The minimum absolute atomic E-state index is 0.599. The van der Waals surface area contributed by atoms with Crippen molar-refractivity contribution >= 4 is 0 Å². The fourth-order valence-electron chi connectivity index (χ4n) is 2.07. The van der Waals surface area contributed by atoms with Gasteiger partial charge in [0.25, 0.3) is 0 Å². The van der Waals surface area contributed by atoms with Crippen LogP contribution in [-0.2, 0) is 6.54 Å². The van der Waals surface area contributed by atoms with E-state index in [-0.39, 0.29) is 0 Å². The number of aromatic nitrogens is 2. The molecular formula is C16H23N3O. The van der Waals surface area contributed by atoms with E-state index in [0.29, 0.717) is 18.3 Å². The van der Waals surface area contributed by atoms with E-state index in [9.17, 15) is 0 Å². The molecule has 0 aliphatic carbocycles. The maximum atomic E-state index is 5.72. The van der Waals surface area contributed by atoms with Crippen LogP contribution >= 0.6 is 0 Å². The van der Waals surface area contributed by atoms with Gasteiger partial charge in [0.2, 0.25) is 11.8 Å². The molecular weight excluding hydrogens is 250 g/mol. The number of rotatable bonds is 7. The summed E-state index contributed by atoms with van der Waals surface area (Å²) in [5.41, 5.74) is 2.20. The normalized spacial score (nSPS) is 11.2. The van der Waals surface area contributed by atoms with E-state index in [1.807, 2.05) is 12.1 Å². The molecule has 0 N–H and O–H groups in total. The summed E-state index contributed by atoms with van der Waals surface area (Å²) in [7, 11) is 2.09. The first-order chi connectivity index (χ1) is 9.69. The lowest BCUT2D eigenvalue weighted by atomic mass is 10.1. The van der Waals surface area contributed by atoms with Gasteiger partial charge in [-0.2, -0.15) is 0 Å². The van der Waals surface area contributed by atoms with Gasteiger partial charge in [-0.1, -0.05) is 37.5 Å². The third-order valence-electron chi connectivity index (χ3n) is 3.31. The lowest BCUT2D eigenvalue weighted by Crippen LogP contribution is -2.19. The SMILES string of the molecule is CCCCCN(C)Cc1nnc(-c2ccc(C)cc2)o1. The molecule has 2 rings (SSSR count). The Bertz CT molecular complexity index is 519. The number of unbranched alkanes of at least 4 members (excludes halogenated alkanes) is 2. The van der Waals surface area contributed by atoms with Crippen molar-refractivity contribution in [1.29, 1.82) is 0 Å². The van der Waals surface area contributed by atoms with E-state index in [2.05, 4.69) is 48.1 Å². The van der Waals surface area contributed by atoms with E-state index in [1.54, 1.807) is 0 Å². The predicted molar refractivity (Wildman–Crippen MR) is 80.3 cm³/mol. The van der Waals surface area contributed by atoms with Gasteiger partial charge >= 0.3 is 0 Å². The van der Waals surface area contributed by atoms with Gasteiger partial charge in [-0.15, -0.1) is 10.2 Å². The summed E-state index contributed by atoms with van der Waals surface area (Å²) >= 11 is 0. The van der Waals surface area contributed by atoms with Crippen LogP contribution < -0.4 is 0 Å². The molecule has 1 aromatic heterocycles. The Labute approximate surface area is 120 Å². The van der Waals surface area contributed by atoms with Gasteiger partial charge in [-0.25, -0.2) is 0 Å². The average Bonchev–Trinajstić information content (AvgIpc) is 2.88. The first-order valence-electron chi connectivity index (χ1n) is 7.27. The fraction of sp³-hybridized carbons (Fsp3) is 0.500. The van der Waals surface area contributed by atoms with E-state index >= 15 is 0 Å². The van der Waals surface area contributed by atoms with Crippen molar-refractivity contribution in [2.75, 3.05) is 13.6 Å². The van der Waals surface area contributed by atoms with E-state index in [0.717, 1.165) is 12.1 Å². The van der Waals surface area contributed by atoms with Crippen LogP contribution in [-0.4, -0.2) is 28.7 Å². The standard InChI is InChI=1S/C16H23N3O/c1-4-5-6-11-19(3)12-15-17-18-16(20-15)14-9-7-13(2)8-10-14/h7-10H,4-6,11-12H2,1-3H3. The summed E-state index contributed by atoms with van der Waals surface area (Å²) in [5.74, 6) is 1.28. The molecule has 0 aliphatic heterocycles. The van der Waals surface area contributed by atoms with E-state index in [4.69, 9.17) is 4.42 Å². The third kappa shape index (κ3) is 4.17. The third-order valence-corrected chi connectivity index (χ3v) is 3.31. The molecule has 4 heteroatoms. The highest BCUT2D eigenvalue weighted by molar-refractivity contribution is 5.52. The molecule has 0 spiro atoms. The topological polar surface area (TPSA) is 42.2 Å². The van der Waals surface area contributed by atoms with Crippen molar-refractivity contribution in [2.24, 2.45) is 0 Å². The molecule has 0 unspecified atom stereocenters. The lowest BCUT2D eigenvalue weighted by Gasteiger charge is -2.13. The molecule has 108 valence electrons. The van der Waals surface area contributed by atoms with Crippen molar-refractivity contribution < 1.29 is 4.42 Å². The molecule has 0 saturated heterocycles. The predicted octanol–water partition coefficient (Wildman–Crippen LogP) is 3.67. The summed E-state index contributed by atoms with van der Waals surface area (Å²) in [5, 5.41) is 8.25. The Kier molecular flexibility index (Phi) is 5.30. The second-order valence-electron chi connectivity index (χ2n) is 5.31. The number of benzene rings is 1. The summed E-state index contributed by atoms with van der Waals surface area (Å²) < 4.78 is 5.72. The molecule has 1 aromatic carbocycles. The van der Waals surface area contributed by atoms with Crippen LogP contribution in [0.1, 0.15) is 37.6 Å². The van der Waals surface area contributed by atoms with Gasteiger partial charge in [0.15, 0.2) is 0 Å². The monoisotopic (exact) mass is 273 g/mol. The zero-order valence-electron chi connectivity index (χ0n) is 12.6. The lowest BCUT2D eigenvalue weighted by molar-refractivity contribution is 0.284. The Morgan fingerprint density at radius 1 is 1.10 bits per heavy atom. The summed E-state index contributed by atoms with van der Waals surface area (Å²) in [6.07, 6.45) is 3.72. The minimum Gasteiger partial charge on any atom is -0.419 e. The molecule has 4 nitrogen and oxygen atoms in total. The van der Waals surface area contributed by atoms with Crippen molar-refractivity contribution in [1.82, 2.24) is 15.1 Å². The molecule has 0 radical (unpaired) electrons. The van der Waals surface area contributed by atoms with Crippen molar-refractivity contribution in [3.63, 3.8) is 0 Å². The van der Waals surface area contributed by atoms with Crippen LogP contribution in [0.25, 0.3) is 11.5 Å². The van der Waals surface area contributed by atoms with Gasteiger partial charge in [0.05, 0.1) is 6.54 Å². The Hall–Kier alpha value is -1.68. The Morgan fingerprint density at radius 2 is 1.85 bits per heavy atom. The molecule has 0 aliphatic rings. The van der Waals surface area contributed by atoms with Crippen molar-refractivity contribution in [3.05, 3.63) is 35.7 Å². The Balaban J connectivity index is 1.93. The number of hydrogen-bond donors (Lipinski definition) is 0. The molecule has 0 bridgehead atoms. The van der Waals surface area contributed by atoms with Gasteiger partial charge in [0.1, 0.15) is 0 Å². The second kappa shape index (κ2) is 7.20. The van der Waals surface area contributed by atoms with Crippen molar-refractivity contribution in [3.8, 4) is 11.5 Å². The molecule has 1 heterocycles. The highest BCUT2D eigenvalue weighted by atomic mass is 16.4. The van der Waals surface area contributed by atoms with Crippen LogP contribution in [0.3, 0.4) is 0 Å². The summed E-state index contributed by atoms with van der Waals surface area (Å²) in [6.45, 7) is 6.05. The highest BCUT2D eigenvalue weighted by Crippen LogP contribution is 2.18. The number of nitrogens with zero attached hydrogens (tertiary/aromatic N) is 3. The van der Waals surface area contributed by atoms with Crippen LogP contribution in [0.4, 0.5) is 0 Å². The molecule has 0 atom stereocenters. The molecule has 0 amide bonds. The Morgan fingerprint density at radius 3 is 2.55 bits per heavy atom. The average molecular weight is 273 g/mol. The number of aryl methyl sites for hydroxylation is 1. The van der Waals surface area contributed by atoms with Gasteiger partial charge in [0, 0.05) is 5.56 Å². The van der Waals surface area contributed by atoms with Crippen LogP contribution in [0, 0.1) is 6.92 Å². The smallest absolute Gasteiger partial charge is 0.247 e. The molecule has 0 saturated carbocycles. The largest absolute Gasteiger partial charge is 0.419 e. The van der Waals surface area contributed by atoms with Crippen molar-refractivity contribution in [2.45, 2.75) is 39.7 Å². The maximum Gasteiger partial charge on any atom is 0.247 e. The fourth-order valence-corrected chi connectivity index (χ4v) is 2.07. The van der Waals surface area contributed by atoms with E-state index in [1.165, 1.54) is 24.8 Å². The second-order valence-corrected chi connectivity index (χ2v) is 5.31. The maximum absolute atomic E-state index is 5.72. The summed E-state index contributed by atoms with van der Waals surface area (Å²) in [4.78, 5) is 2.22. The first-order valence-corrected chi connectivity index (χ1v) is 7.27. The van der Waals surface area contributed by atoms with E-state index < -0.39 is 0 Å². The van der Waals surface area contributed by atoms with Gasteiger partial charge < -0.3 is 4.42 Å². The molecule has 0 fully saturated rings.